The van der Waals surface area contributed by atoms with Crippen molar-refractivity contribution < 1.29 is 19.4 Å². The van der Waals surface area contributed by atoms with Crippen LogP contribution in [0.5, 0.6) is 5.75 Å². The minimum absolute atomic E-state index is 0.0933. The number of carbonyl (C=O) groups excluding carboxylic acids is 1. The van der Waals surface area contributed by atoms with E-state index in [0.29, 0.717) is 13.2 Å². The van der Waals surface area contributed by atoms with Crippen LogP contribution in [0, 0.1) is 5.92 Å². The van der Waals surface area contributed by atoms with Crippen LogP contribution < -0.4 is 4.74 Å². The lowest BCUT2D eigenvalue weighted by molar-refractivity contribution is -0.141. The van der Waals surface area contributed by atoms with Gasteiger partial charge in [0.2, 0.25) is 5.91 Å². The van der Waals surface area contributed by atoms with Gasteiger partial charge in [0.25, 0.3) is 0 Å². The number of ether oxygens (including phenoxy) is 1. The van der Waals surface area contributed by atoms with Crippen molar-refractivity contribution >= 4 is 11.9 Å². The third-order valence-electron chi connectivity index (χ3n) is 4.36. The van der Waals surface area contributed by atoms with E-state index in [0.717, 1.165) is 17.7 Å². The van der Waals surface area contributed by atoms with E-state index in [-0.39, 0.29) is 18.9 Å². The number of carboxylic acids is 1. The van der Waals surface area contributed by atoms with Gasteiger partial charge in [0.15, 0.2) is 0 Å². The second kappa shape index (κ2) is 7.83. The molecule has 1 aliphatic heterocycles. The van der Waals surface area contributed by atoms with Gasteiger partial charge in [-0.1, -0.05) is 42.5 Å². The topological polar surface area (TPSA) is 66.8 Å². The second-order valence-electron chi connectivity index (χ2n) is 6.24. The normalized spacial score (nSPS) is 16.9. The van der Waals surface area contributed by atoms with Crippen LogP contribution in [0.25, 0.3) is 0 Å². The SMILES string of the molecule is O=C(O)C1CC(=O)N(Cc2ccc(OCCc3ccccc3)cc2)C1. The first-order valence-electron chi connectivity index (χ1n) is 8.38. The van der Waals surface area contributed by atoms with Crippen LogP contribution in [-0.4, -0.2) is 35.0 Å². The van der Waals surface area contributed by atoms with Crippen LogP contribution in [0.2, 0.25) is 0 Å². The fourth-order valence-corrected chi connectivity index (χ4v) is 2.93. The number of likely N-dealkylation sites (tertiary alicyclic amines) is 1. The monoisotopic (exact) mass is 339 g/mol. The fourth-order valence-electron chi connectivity index (χ4n) is 2.93. The first kappa shape index (κ1) is 17.0. The average Bonchev–Trinajstić information content (AvgIpc) is 2.98. The van der Waals surface area contributed by atoms with Crippen LogP contribution in [0.15, 0.2) is 54.6 Å². The largest absolute Gasteiger partial charge is 0.493 e. The second-order valence-corrected chi connectivity index (χ2v) is 6.24. The van der Waals surface area contributed by atoms with Gasteiger partial charge in [-0.25, -0.2) is 0 Å². The minimum Gasteiger partial charge on any atom is -0.493 e. The molecule has 0 aromatic heterocycles. The number of carbonyl (C=O) groups is 2. The lowest BCUT2D eigenvalue weighted by Crippen LogP contribution is -2.25. The molecule has 1 aliphatic rings. The Labute approximate surface area is 146 Å². The molecular formula is C20H21NO4. The van der Waals surface area contributed by atoms with Gasteiger partial charge in [-0.15, -0.1) is 0 Å². The third-order valence-corrected chi connectivity index (χ3v) is 4.36. The summed E-state index contributed by atoms with van der Waals surface area (Å²) < 4.78 is 5.75. The van der Waals surface area contributed by atoms with Crippen LogP contribution in [0.1, 0.15) is 17.5 Å². The summed E-state index contributed by atoms with van der Waals surface area (Å²) in [5.74, 6) is -0.808. The number of carboxylic acid groups (broad SMARTS) is 1. The molecule has 1 saturated heterocycles. The molecule has 1 atom stereocenters. The van der Waals surface area contributed by atoms with Crippen LogP contribution >= 0.6 is 0 Å². The lowest BCUT2D eigenvalue weighted by Gasteiger charge is -2.16. The average molecular weight is 339 g/mol. The predicted molar refractivity (Wildman–Crippen MR) is 93.2 cm³/mol. The summed E-state index contributed by atoms with van der Waals surface area (Å²) in [7, 11) is 0. The highest BCUT2D eigenvalue weighted by atomic mass is 16.5. The molecule has 3 rings (SSSR count). The van der Waals surface area contributed by atoms with Gasteiger partial charge in [-0.2, -0.15) is 0 Å². The van der Waals surface area contributed by atoms with E-state index in [1.165, 1.54) is 5.56 Å². The number of benzene rings is 2. The van der Waals surface area contributed by atoms with Crippen molar-refractivity contribution in [3.8, 4) is 5.75 Å². The summed E-state index contributed by atoms with van der Waals surface area (Å²) in [5, 5.41) is 9.02. The van der Waals surface area contributed by atoms with E-state index in [1.807, 2.05) is 42.5 Å². The number of rotatable bonds is 7. The number of nitrogens with zero attached hydrogens (tertiary/aromatic N) is 1. The standard InChI is InChI=1S/C20H21NO4/c22-19-12-17(20(23)24)14-21(19)13-16-6-8-18(9-7-16)25-11-10-15-4-2-1-3-5-15/h1-9,17H,10-14H2,(H,23,24). The molecule has 1 unspecified atom stereocenters. The predicted octanol–water partition coefficient (Wildman–Crippen LogP) is 2.74. The Morgan fingerprint density at radius 3 is 2.44 bits per heavy atom. The summed E-state index contributed by atoms with van der Waals surface area (Å²) in [6.07, 6.45) is 0.942. The molecule has 0 bridgehead atoms. The van der Waals surface area contributed by atoms with Gasteiger partial charge < -0.3 is 14.7 Å². The van der Waals surface area contributed by atoms with E-state index in [2.05, 4.69) is 12.1 Å². The number of hydrogen-bond acceptors (Lipinski definition) is 3. The molecular weight excluding hydrogens is 318 g/mol. The Morgan fingerprint density at radius 2 is 1.80 bits per heavy atom. The Kier molecular flexibility index (Phi) is 5.33. The third kappa shape index (κ3) is 4.59. The van der Waals surface area contributed by atoms with Crippen LogP contribution in [0.4, 0.5) is 0 Å². The number of aliphatic carboxylic acids is 1. The molecule has 2 aromatic rings. The van der Waals surface area contributed by atoms with E-state index in [9.17, 15) is 9.59 Å². The van der Waals surface area contributed by atoms with E-state index < -0.39 is 11.9 Å². The summed E-state index contributed by atoms with van der Waals surface area (Å²) >= 11 is 0. The zero-order chi connectivity index (χ0) is 17.6. The molecule has 1 heterocycles. The first-order chi connectivity index (χ1) is 12.1. The summed E-state index contributed by atoms with van der Waals surface area (Å²) in [6, 6.07) is 17.8. The highest BCUT2D eigenvalue weighted by Crippen LogP contribution is 2.21. The maximum atomic E-state index is 11.9. The molecule has 2 aromatic carbocycles. The molecule has 1 N–H and O–H groups in total. The van der Waals surface area contributed by atoms with Crippen LogP contribution in [0.3, 0.4) is 0 Å². The molecule has 0 spiro atoms. The Morgan fingerprint density at radius 1 is 1.08 bits per heavy atom. The zero-order valence-electron chi connectivity index (χ0n) is 13.9. The summed E-state index contributed by atoms with van der Waals surface area (Å²) in [4.78, 5) is 24.5. The number of hydrogen-bond donors (Lipinski definition) is 1. The Balaban J connectivity index is 1.49. The highest BCUT2D eigenvalue weighted by molar-refractivity contribution is 5.86. The van der Waals surface area contributed by atoms with Crippen molar-refractivity contribution in [1.29, 1.82) is 0 Å². The summed E-state index contributed by atoms with van der Waals surface area (Å²) in [5.41, 5.74) is 2.20. The number of amides is 1. The van der Waals surface area contributed by atoms with Gasteiger partial charge in [-0.3, -0.25) is 9.59 Å². The quantitative estimate of drug-likeness (QED) is 0.842. The van der Waals surface area contributed by atoms with Gasteiger partial charge in [-0.05, 0) is 23.3 Å². The van der Waals surface area contributed by atoms with Crippen molar-refractivity contribution in [3.05, 3.63) is 65.7 Å². The van der Waals surface area contributed by atoms with Crippen molar-refractivity contribution in [2.45, 2.75) is 19.4 Å². The Bertz CT molecular complexity index is 727. The highest BCUT2D eigenvalue weighted by Gasteiger charge is 2.33. The Hall–Kier alpha value is -2.82. The van der Waals surface area contributed by atoms with Crippen molar-refractivity contribution in [3.63, 3.8) is 0 Å². The molecule has 5 heteroatoms. The first-order valence-corrected chi connectivity index (χ1v) is 8.38. The molecule has 25 heavy (non-hydrogen) atoms. The van der Waals surface area contributed by atoms with Gasteiger partial charge >= 0.3 is 5.97 Å². The van der Waals surface area contributed by atoms with E-state index in [4.69, 9.17) is 9.84 Å². The minimum atomic E-state index is -0.905. The maximum absolute atomic E-state index is 11.9. The van der Waals surface area contributed by atoms with Crippen LogP contribution in [-0.2, 0) is 22.6 Å². The van der Waals surface area contributed by atoms with Gasteiger partial charge in [0, 0.05) is 25.9 Å². The molecule has 0 radical (unpaired) electrons. The maximum Gasteiger partial charge on any atom is 0.308 e. The smallest absolute Gasteiger partial charge is 0.308 e. The van der Waals surface area contributed by atoms with E-state index >= 15 is 0 Å². The van der Waals surface area contributed by atoms with E-state index in [1.54, 1.807) is 4.90 Å². The van der Waals surface area contributed by atoms with Crippen molar-refractivity contribution in [2.24, 2.45) is 5.92 Å². The zero-order valence-corrected chi connectivity index (χ0v) is 13.9. The lowest BCUT2D eigenvalue weighted by atomic mass is 10.1. The molecule has 130 valence electrons. The van der Waals surface area contributed by atoms with Crippen molar-refractivity contribution in [2.75, 3.05) is 13.2 Å². The molecule has 0 saturated carbocycles. The van der Waals surface area contributed by atoms with Crippen molar-refractivity contribution in [1.82, 2.24) is 4.90 Å². The van der Waals surface area contributed by atoms with Gasteiger partial charge in [0.1, 0.15) is 5.75 Å². The fraction of sp³-hybridized carbons (Fsp3) is 0.300. The molecule has 1 fully saturated rings. The molecule has 5 nitrogen and oxygen atoms in total. The summed E-state index contributed by atoms with van der Waals surface area (Å²) in [6.45, 7) is 1.32. The molecule has 0 aliphatic carbocycles. The molecule has 1 amide bonds. The van der Waals surface area contributed by atoms with Gasteiger partial charge in [0.05, 0.1) is 12.5 Å².